The van der Waals surface area contributed by atoms with Crippen LogP contribution in [0, 0.1) is 0 Å². The van der Waals surface area contributed by atoms with E-state index in [1.807, 2.05) is 0 Å². The van der Waals surface area contributed by atoms with Crippen LogP contribution in [0.3, 0.4) is 0 Å². The Hall–Kier alpha value is -2.19. The van der Waals surface area contributed by atoms with Crippen LogP contribution in [0.4, 0.5) is 0 Å². The lowest BCUT2D eigenvalue weighted by Gasteiger charge is -2.23. The molecule has 2 aliphatic rings. The Morgan fingerprint density at radius 1 is 1.07 bits per heavy atom. The van der Waals surface area contributed by atoms with Gasteiger partial charge in [0.15, 0.2) is 0 Å². The summed E-state index contributed by atoms with van der Waals surface area (Å²) in [7, 11) is -2.27. The Kier molecular flexibility index (Phi) is 5.74. The maximum atomic E-state index is 13.1. The van der Waals surface area contributed by atoms with E-state index in [-0.39, 0.29) is 16.5 Å². The molecule has 2 N–H and O–H groups in total. The van der Waals surface area contributed by atoms with Gasteiger partial charge >= 0.3 is 0 Å². The van der Waals surface area contributed by atoms with E-state index in [4.69, 9.17) is 4.74 Å². The predicted octanol–water partition coefficient (Wildman–Crippen LogP) is 2.94. The number of fused-ring (bicyclic) bond motifs is 1. The van der Waals surface area contributed by atoms with Crippen molar-refractivity contribution in [1.82, 2.24) is 14.9 Å². The van der Waals surface area contributed by atoms with Gasteiger partial charge in [0.05, 0.1) is 12.8 Å². The molecule has 0 unspecified atom stereocenters. The number of aromatic amines is 1. The van der Waals surface area contributed by atoms with Crippen molar-refractivity contribution >= 4 is 10.0 Å². The van der Waals surface area contributed by atoms with Gasteiger partial charge in [0.25, 0.3) is 5.56 Å². The summed E-state index contributed by atoms with van der Waals surface area (Å²) in [6, 6.07) is 5.03. The monoisotopic (exact) mass is 417 g/mol. The van der Waals surface area contributed by atoms with Gasteiger partial charge in [-0.15, -0.1) is 0 Å². The number of aromatic nitrogens is 2. The number of hydrogen-bond acceptors (Lipinski definition) is 5. The predicted molar refractivity (Wildman–Crippen MR) is 111 cm³/mol. The summed E-state index contributed by atoms with van der Waals surface area (Å²) in [5.74, 6) is 0.301. The van der Waals surface area contributed by atoms with Gasteiger partial charge in [-0.1, -0.05) is 19.3 Å². The van der Waals surface area contributed by atoms with Crippen molar-refractivity contribution < 1.29 is 13.2 Å². The first-order valence-electron chi connectivity index (χ1n) is 10.3. The van der Waals surface area contributed by atoms with Gasteiger partial charge in [0, 0.05) is 17.2 Å². The highest BCUT2D eigenvalue weighted by molar-refractivity contribution is 7.89. The minimum absolute atomic E-state index is 0.0407. The molecule has 0 saturated heterocycles. The molecule has 1 heterocycles. The smallest absolute Gasteiger partial charge is 0.267 e. The quantitative estimate of drug-likeness (QED) is 0.779. The Morgan fingerprint density at radius 2 is 1.79 bits per heavy atom. The third kappa shape index (κ3) is 4.09. The van der Waals surface area contributed by atoms with Crippen LogP contribution < -0.4 is 15.0 Å². The molecule has 156 valence electrons. The summed E-state index contributed by atoms with van der Waals surface area (Å²) in [6.45, 7) is 0. The molecule has 0 amide bonds. The summed E-state index contributed by atoms with van der Waals surface area (Å²) in [4.78, 5) is 12.3. The highest BCUT2D eigenvalue weighted by atomic mass is 32.2. The molecule has 0 spiro atoms. The summed E-state index contributed by atoms with van der Waals surface area (Å²) in [5.41, 5.74) is 2.86. The molecule has 0 radical (unpaired) electrons. The number of methoxy groups -OCH3 is 1. The highest BCUT2D eigenvalue weighted by Crippen LogP contribution is 2.33. The maximum Gasteiger partial charge on any atom is 0.267 e. The summed E-state index contributed by atoms with van der Waals surface area (Å²) in [5, 5.41) is 6.84. The van der Waals surface area contributed by atoms with Crippen molar-refractivity contribution in [3.8, 4) is 17.0 Å². The Morgan fingerprint density at radius 3 is 2.52 bits per heavy atom. The number of nitrogens with zero attached hydrogens (tertiary/aromatic N) is 1. The van der Waals surface area contributed by atoms with E-state index in [2.05, 4.69) is 14.9 Å². The molecular formula is C21H27N3O4S. The van der Waals surface area contributed by atoms with Gasteiger partial charge in [0.1, 0.15) is 10.6 Å². The fraction of sp³-hybridized carbons (Fsp3) is 0.524. The standard InChI is InChI=1S/C21H27N3O4S/c1-28-18-12-11-14(20-16-9-5-6-10-17(16)21(25)23-22-20)13-19(18)29(26,27)24-15-7-3-2-4-8-15/h11-13,15,24H,2-10H2,1H3,(H,23,25). The van der Waals surface area contributed by atoms with Crippen LogP contribution in [0.1, 0.15) is 56.1 Å². The van der Waals surface area contributed by atoms with Crippen molar-refractivity contribution in [1.29, 1.82) is 0 Å². The van der Waals surface area contributed by atoms with Gasteiger partial charge in [-0.05, 0) is 62.3 Å². The zero-order chi connectivity index (χ0) is 20.4. The van der Waals surface area contributed by atoms with Gasteiger partial charge in [0.2, 0.25) is 10.0 Å². The van der Waals surface area contributed by atoms with E-state index in [0.29, 0.717) is 17.0 Å². The molecule has 1 fully saturated rings. The number of H-pyrrole nitrogens is 1. The van der Waals surface area contributed by atoms with E-state index < -0.39 is 10.0 Å². The fourth-order valence-corrected chi connectivity index (χ4v) is 5.93. The number of hydrogen-bond donors (Lipinski definition) is 2. The molecule has 8 heteroatoms. The van der Waals surface area contributed by atoms with Crippen molar-refractivity contribution in [3.63, 3.8) is 0 Å². The fourth-order valence-electron chi connectivity index (χ4n) is 4.43. The van der Waals surface area contributed by atoms with Crippen LogP contribution in [0.15, 0.2) is 27.9 Å². The number of ether oxygens (including phenoxy) is 1. The molecule has 29 heavy (non-hydrogen) atoms. The van der Waals surface area contributed by atoms with E-state index in [1.54, 1.807) is 18.2 Å². The number of rotatable bonds is 5. The van der Waals surface area contributed by atoms with Crippen LogP contribution in [-0.2, 0) is 22.9 Å². The summed E-state index contributed by atoms with van der Waals surface area (Å²) in [6.07, 6.45) is 8.42. The molecule has 2 aromatic rings. The second-order valence-electron chi connectivity index (χ2n) is 7.89. The minimum Gasteiger partial charge on any atom is -0.495 e. The van der Waals surface area contributed by atoms with Crippen molar-refractivity contribution in [3.05, 3.63) is 39.7 Å². The normalized spacial score (nSPS) is 17.7. The number of benzene rings is 1. The average Bonchev–Trinajstić information content (AvgIpc) is 2.74. The zero-order valence-electron chi connectivity index (χ0n) is 16.7. The van der Waals surface area contributed by atoms with E-state index in [0.717, 1.165) is 68.9 Å². The van der Waals surface area contributed by atoms with Crippen LogP contribution >= 0.6 is 0 Å². The van der Waals surface area contributed by atoms with Crippen molar-refractivity contribution in [2.24, 2.45) is 0 Å². The maximum absolute atomic E-state index is 13.1. The first kappa shape index (κ1) is 20.1. The summed E-state index contributed by atoms with van der Waals surface area (Å²) >= 11 is 0. The molecule has 7 nitrogen and oxygen atoms in total. The Balaban J connectivity index is 1.75. The van der Waals surface area contributed by atoms with Gasteiger partial charge in [-0.25, -0.2) is 18.2 Å². The lowest BCUT2D eigenvalue weighted by molar-refractivity contribution is 0.397. The highest BCUT2D eigenvalue weighted by Gasteiger charge is 2.26. The van der Waals surface area contributed by atoms with Gasteiger partial charge < -0.3 is 4.74 Å². The Bertz CT molecular complexity index is 1060. The number of nitrogens with one attached hydrogen (secondary N) is 2. The van der Waals surface area contributed by atoms with Gasteiger partial charge in [-0.3, -0.25) is 4.79 Å². The van der Waals surface area contributed by atoms with Crippen LogP contribution in [0.25, 0.3) is 11.3 Å². The second-order valence-corrected chi connectivity index (χ2v) is 9.57. The van der Waals surface area contributed by atoms with Gasteiger partial charge in [-0.2, -0.15) is 5.10 Å². The van der Waals surface area contributed by atoms with E-state index >= 15 is 0 Å². The van der Waals surface area contributed by atoms with Crippen LogP contribution in [-0.4, -0.2) is 31.8 Å². The third-order valence-corrected chi connectivity index (χ3v) is 7.49. The van der Waals surface area contributed by atoms with Crippen LogP contribution in [0.5, 0.6) is 5.75 Å². The van der Waals surface area contributed by atoms with Crippen molar-refractivity contribution in [2.75, 3.05) is 7.11 Å². The number of sulfonamides is 1. The molecule has 0 atom stereocenters. The molecule has 1 aromatic heterocycles. The molecule has 0 aliphatic heterocycles. The first-order chi connectivity index (χ1) is 14.0. The average molecular weight is 418 g/mol. The molecule has 1 saturated carbocycles. The third-order valence-electron chi connectivity index (χ3n) is 5.95. The molecular weight excluding hydrogens is 390 g/mol. The lowest BCUT2D eigenvalue weighted by Crippen LogP contribution is -2.36. The molecule has 2 aliphatic carbocycles. The molecule has 0 bridgehead atoms. The topological polar surface area (TPSA) is 101 Å². The molecule has 4 rings (SSSR count). The van der Waals surface area contributed by atoms with Crippen molar-refractivity contribution in [2.45, 2.75) is 68.7 Å². The SMILES string of the molecule is COc1ccc(-c2n[nH]c(=O)c3c2CCCC3)cc1S(=O)(=O)NC1CCCCC1. The Labute approximate surface area is 170 Å². The molecule has 1 aromatic carbocycles. The largest absolute Gasteiger partial charge is 0.495 e. The zero-order valence-corrected chi connectivity index (χ0v) is 17.5. The first-order valence-corrected chi connectivity index (χ1v) is 11.8. The van der Waals surface area contributed by atoms with Crippen LogP contribution in [0.2, 0.25) is 0 Å². The lowest BCUT2D eigenvalue weighted by atomic mass is 9.90. The van der Waals surface area contributed by atoms with E-state index in [1.165, 1.54) is 7.11 Å². The second kappa shape index (κ2) is 8.28. The van der Waals surface area contributed by atoms with E-state index in [9.17, 15) is 13.2 Å². The minimum atomic E-state index is -3.74. The summed E-state index contributed by atoms with van der Waals surface area (Å²) < 4.78 is 34.5.